The fourth-order valence-electron chi connectivity index (χ4n) is 3.74. The molecule has 3 aromatic heterocycles. The summed E-state index contributed by atoms with van der Waals surface area (Å²) in [6.45, 7) is 5.98. The van der Waals surface area contributed by atoms with Crippen LogP contribution >= 0.6 is 11.3 Å². The molecular formula is C24H25N5O2S. The van der Waals surface area contributed by atoms with Gasteiger partial charge in [-0.25, -0.2) is 9.97 Å². The standard InChI is InChI=1S/C24H25N5O2S/c1-13-9-17(19(12-25)29(13)4)23-8-7-22(32-23)14(2)26-24-16-10-20(30-5)21(31-6)11-18(16)27-15(3)28-24/h7-11,14H,1-6H3,(H,26,27,28). The van der Waals surface area contributed by atoms with Gasteiger partial charge in [0.25, 0.3) is 0 Å². The van der Waals surface area contributed by atoms with E-state index in [1.165, 1.54) is 0 Å². The van der Waals surface area contributed by atoms with Crippen LogP contribution in [0.25, 0.3) is 21.3 Å². The van der Waals surface area contributed by atoms with Gasteiger partial charge in [-0.3, -0.25) is 0 Å². The van der Waals surface area contributed by atoms with E-state index in [-0.39, 0.29) is 6.04 Å². The number of fused-ring (bicyclic) bond motifs is 1. The number of aryl methyl sites for hydroxylation is 2. The summed E-state index contributed by atoms with van der Waals surface area (Å²) in [5.74, 6) is 2.67. The maximum absolute atomic E-state index is 9.58. The maximum atomic E-state index is 9.58. The van der Waals surface area contributed by atoms with Gasteiger partial charge in [0.05, 0.1) is 25.8 Å². The monoisotopic (exact) mass is 447 g/mol. The number of hydrogen-bond donors (Lipinski definition) is 1. The summed E-state index contributed by atoms with van der Waals surface area (Å²) in [6.07, 6.45) is 0. The second-order valence-electron chi connectivity index (χ2n) is 7.63. The quantitative estimate of drug-likeness (QED) is 0.427. The summed E-state index contributed by atoms with van der Waals surface area (Å²) in [4.78, 5) is 11.4. The van der Waals surface area contributed by atoms with Gasteiger partial charge >= 0.3 is 0 Å². The molecule has 0 spiro atoms. The predicted octanol–water partition coefficient (Wildman–Crippen LogP) is 5.38. The van der Waals surface area contributed by atoms with Crippen molar-refractivity contribution in [2.24, 2.45) is 7.05 Å². The molecule has 0 saturated heterocycles. The highest BCUT2D eigenvalue weighted by molar-refractivity contribution is 7.15. The van der Waals surface area contributed by atoms with Gasteiger partial charge in [0.2, 0.25) is 0 Å². The van der Waals surface area contributed by atoms with Crippen molar-refractivity contribution in [3.8, 4) is 28.0 Å². The third-order valence-corrected chi connectivity index (χ3v) is 6.87. The van der Waals surface area contributed by atoms with Crippen LogP contribution in [0.4, 0.5) is 5.82 Å². The maximum Gasteiger partial charge on any atom is 0.162 e. The number of nitriles is 1. The van der Waals surface area contributed by atoms with E-state index in [9.17, 15) is 5.26 Å². The molecule has 8 heteroatoms. The number of nitrogens with zero attached hydrogens (tertiary/aromatic N) is 4. The zero-order valence-corrected chi connectivity index (χ0v) is 19.8. The Bertz CT molecular complexity index is 1350. The number of ether oxygens (including phenoxy) is 2. The van der Waals surface area contributed by atoms with E-state index in [2.05, 4.69) is 46.5 Å². The first-order valence-electron chi connectivity index (χ1n) is 10.2. The molecule has 7 nitrogen and oxygen atoms in total. The molecule has 1 unspecified atom stereocenters. The normalized spacial score (nSPS) is 11.9. The molecular weight excluding hydrogens is 422 g/mol. The topological polar surface area (TPSA) is 85.0 Å². The average molecular weight is 448 g/mol. The van der Waals surface area contributed by atoms with Gasteiger partial charge in [-0.15, -0.1) is 11.3 Å². The van der Waals surface area contributed by atoms with Crippen LogP contribution < -0.4 is 14.8 Å². The van der Waals surface area contributed by atoms with E-state index in [0.29, 0.717) is 23.0 Å². The predicted molar refractivity (Wildman–Crippen MR) is 128 cm³/mol. The number of rotatable bonds is 6. The lowest BCUT2D eigenvalue weighted by Crippen LogP contribution is -2.08. The Morgan fingerprint density at radius 2 is 1.81 bits per heavy atom. The van der Waals surface area contributed by atoms with Gasteiger partial charge in [0.1, 0.15) is 23.4 Å². The molecule has 0 bridgehead atoms. The van der Waals surface area contributed by atoms with E-state index >= 15 is 0 Å². The fraction of sp³-hybridized carbons (Fsp3) is 0.292. The SMILES string of the molecule is COc1cc2nc(C)nc(NC(C)c3ccc(-c4cc(C)n(C)c4C#N)s3)c2cc1OC. The van der Waals surface area contributed by atoms with Gasteiger partial charge in [-0.05, 0) is 45.0 Å². The minimum absolute atomic E-state index is 0.00897. The third kappa shape index (κ3) is 3.76. The molecule has 0 aliphatic carbocycles. The molecule has 4 rings (SSSR count). The van der Waals surface area contributed by atoms with Crippen molar-refractivity contribution < 1.29 is 9.47 Å². The minimum atomic E-state index is 0.00897. The summed E-state index contributed by atoms with van der Waals surface area (Å²) in [6, 6.07) is 12.3. The first-order chi connectivity index (χ1) is 15.4. The number of benzene rings is 1. The summed E-state index contributed by atoms with van der Waals surface area (Å²) in [7, 11) is 5.14. The highest BCUT2D eigenvalue weighted by atomic mass is 32.1. The second-order valence-corrected chi connectivity index (χ2v) is 8.75. The number of nitrogens with one attached hydrogen (secondary N) is 1. The summed E-state index contributed by atoms with van der Waals surface area (Å²) in [5, 5.41) is 14.0. The Labute approximate surface area is 191 Å². The largest absolute Gasteiger partial charge is 0.493 e. The Morgan fingerprint density at radius 3 is 2.50 bits per heavy atom. The first kappa shape index (κ1) is 21.7. The van der Waals surface area contributed by atoms with Gasteiger partial charge in [0.15, 0.2) is 11.5 Å². The Morgan fingerprint density at radius 1 is 1.09 bits per heavy atom. The molecule has 0 aliphatic rings. The van der Waals surface area contributed by atoms with E-state index in [4.69, 9.17) is 9.47 Å². The first-order valence-corrected chi connectivity index (χ1v) is 11.0. The highest BCUT2D eigenvalue weighted by Crippen LogP contribution is 2.38. The van der Waals surface area contributed by atoms with Gasteiger partial charge in [0, 0.05) is 39.5 Å². The number of anilines is 1. The second kappa shape index (κ2) is 8.52. The number of aromatic nitrogens is 3. The highest BCUT2D eigenvalue weighted by Gasteiger charge is 2.18. The van der Waals surface area contributed by atoms with Crippen LogP contribution in [0.3, 0.4) is 0 Å². The van der Waals surface area contributed by atoms with Crippen LogP contribution in [-0.4, -0.2) is 28.8 Å². The number of hydrogen-bond acceptors (Lipinski definition) is 7. The van der Waals surface area contributed by atoms with Gasteiger partial charge in [-0.1, -0.05) is 0 Å². The lowest BCUT2D eigenvalue weighted by molar-refractivity contribution is 0.356. The summed E-state index contributed by atoms with van der Waals surface area (Å²) >= 11 is 1.67. The molecule has 0 saturated carbocycles. The Kier molecular flexibility index (Phi) is 5.76. The molecule has 1 aromatic carbocycles. The van der Waals surface area contributed by atoms with Crippen LogP contribution in [0.15, 0.2) is 30.3 Å². The zero-order chi connectivity index (χ0) is 23.0. The zero-order valence-electron chi connectivity index (χ0n) is 19.0. The van der Waals surface area contributed by atoms with Crippen LogP contribution in [-0.2, 0) is 7.05 Å². The van der Waals surface area contributed by atoms with Crippen molar-refractivity contribution >= 4 is 28.1 Å². The van der Waals surface area contributed by atoms with Crippen LogP contribution in [0.1, 0.15) is 35.1 Å². The minimum Gasteiger partial charge on any atom is -0.493 e. The van der Waals surface area contributed by atoms with Gasteiger partial charge in [-0.2, -0.15) is 5.26 Å². The Balaban J connectivity index is 1.69. The Hall–Kier alpha value is -3.57. The summed E-state index contributed by atoms with van der Waals surface area (Å²) in [5.41, 5.74) is 3.49. The molecule has 3 heterocycles. The lowest BCUT2D eigenvalue weighted by atomic mass is 10.1. The molecule has 0 amide bonds. The van der Waals surface area contributed by atoms with Crippen LogP contribution in [0.5, 0.6) is 11.5 Å². The fourth-order valence-corrected chi connectivity index (χ4v) is 4.77. The molecule has 0 aliphatic heterocycles. The van der Waals surface area contributed by atoms with E-state index in [1.807, 2.05) is 37.6 Å². The van der Waals surface area contributed by atoms with Crippen molar-refractivity contribution in [3.05, 3.63) is 52.4 Å². The molecule has 0 radical (unpaired) electrons. The number of methoxy groups -OCH3 is 2. The third-order valence-electron chi connectivity index (χ3n) is 5.56. The van der Waals surface area contributed by atoms with Gasteiger partial charge < -0.3 is 19.4 Å². The summed E-state index contributed by atoms with van der Waals surface area (Å²) < 4.78 is 12.8. The molecule has 0 fully saturated rings. The van der Waals surface area contributed by atoms with Crippen molar-refractivity contribution in [3.63, 3.8) is 0 Å². The van der Waals surface area contributed by atoms with Crippen molar-refractivity contribution in [2.75, 3.05) is 19.5 Å². The van der Waals surface area contributed by atoms with Crippen molar-refractivity contribution in [1.82, 2.24) is 14.5 Å². The van der Waals surface area contributed by atoms with E-state index in [0.717, 1.165) is 37.7 Å². The van der Waals surface area contributed by atoms with Crippen molar-refractivity contribution in [2.45, 2.75) is 26.8 Å². The average Bonchev–Trinajstić information content (AvgIpc) is 3.37. The van der Waals surface area contributed by atoms with Crippen LogP contribution in [0.2, 0.25) is 0 Å². The molecule has 32 heavy (non-hydrogen) atoms. The molecule has 4 aromatic rings. The number of thiophene rings is 1. The lowest BCUT2D eigenvalue weighted by Gasteiger charge is -2.16. The smallest absolute Gasteiger partial charge is 0.162 e. The molecule has 1 N–H and O–H groups in total. The van der Waals surface area contributed by atoms with E-state index < -0.39 is 0 Å². The van der Waals surface area contributed by atoms with Crippen molar-refractivity contribution in [1.29, 1.82) is 5.26 Å². The molecule has 1 atom stereocenters. The van der Waals surface area contributed by atoms with Crippen LogP contribution in [0, 0.1) is 25.2 Å². The molecule has 164 valence electrons. The van der Waals surface area contributed by atoms with E-state index in [1.54, 1.807) is 25.6 Å².